The van der Waals surface area contributed by atoms with E-state index in [1.807, 2.05) is 60.7 Å². The highest BCUT2D eigenvalue weighted by atomic mass is 16.5. The summed E-state index contributed by atoms with van der Waals surface area (Å²) in [6.07, 6.45) is 0. The molecule has 1 atom stereocenters. The summed E-state index contributed by atoms with van der Waals surface area (Å²) in [4.78, 5) is 24.0. The van der Waals surface area contributed by atoms with Crippen LogP contribution in [-0.2, 0) is 4.79 Å². The van der Waals surface area contributed by atoms with Gasteiger partial charge < -0.3 is 10.1 Å². The second-order valence-corrected chi connectivity index (χ2v) is 5.31. The van der Waals surface area contributed by atoms with E-state index in [-0.39, 0.29) is 0 Å². The fourth-order valence-electron chi connectivity index (χ4n) is 2.29. The van der Waals surface area contributed by atoms with Gasteiger partial charge in [0, 0.05) is 13.1 Å². The van der Waals surface area contributed by atoms with Crippen LogP contribution in [0.25, 0.3) is 0 Å². The first-order valence-corrected chi connectivity index (χ1v) is 8.25. The van der Waals surface area contributed by atoms with Crippen LogP contribution < -0.4 is 20.7 Å². The monoisotopic (exact) mass is 341 g/mol. The van der Waals surface area contributed by atoms with Crippen LogP contribution in [0.2, 0.25) is 0 Å². The van der Waals surface area contributed by atoms with Crippen molar-refractivity contribution in [2.75, 3.05) is 19.7 Å². The Bertz CT molecular complexity index is 662. The molecule has 0 saturated carbocycles. The van der Waals surface area contributed by atoms with E-state index in [9.17, 15) is 9.59 Å². The van der Waals surface area contributed by atoms with Crippen molar-refractivity contribution >= 4 is 11.9 Å². The second-order valence-electron chi connectivity index (χ2n) is 5.31. The maximum atomic E-state index is 12.4. The molecule has 0 bridgehead atoms. The Hall–Kier alpha value is -2.86. The summed E-state index contributed by atoms with van der Waals surface area (Å²) in [6.45, 7) is 3.10. The van der Waals surface area contributed by atoms with Crippen molar-refractivity contribution < 1.29 is 14.3 Å². The van der Waals surface area contributed by atoms with Gasteiger partial charge in [-0.25, -0.2) is 4.79 Å². The lowest BCUT2D eigenvalue weighted by atomic mass is 10.1. The van der Waals surface area contributed by atoms with Gasteiger partial charge in [-0.3, -0.25) is 15.4 Å². The van der Waals surface area contributed by atoms with Crippen molar-refractivity contribution in [3.8, 4) is 5.75 Å². The first-order valence-electron chi connectivity index (χ1n) is 8.25. The van der Waals surface area contributed by atoms with Crippen molar-refractivity contribution in [3.63, 3.8) is 0 Å². The van der Waals surface area contributed by atoms with Crippen molar-refractivity contribution in [3.05, 3.63) is 66.2 Å². The van der Waals surface area contributed by atoms with E-state index in [0.717, 1.165) is 11.3 Å². The lowest BCUT2D eigenvalue weighted by molar-refractivity contribution is -0.122. The minimum absolute atomic E-state index is 0.405. The number of amides is 3. The van der Waals surface area contributed by atoms with Crippen LogP contribution in [0.15, 0.2) is 60.7 Å². The topological polar surface area (TPSA) is 79.5 Å². The molecule has 25 heavy (non-hydrogen) atoms. The van der Waals surface area contributed by atoms with Crippen LogP contribution in [-0.4, -0.2) is 31.6 Å². The number of urea groups is 1. The normalized spacial score (nSPS) is 11.4. The predicted molar refractivity (Wildman–Crippen MR) is 96.3 cm³/mol. The smallest absolute Gasteiger partial charge is 0.321 e. The zero-order chi connectivity index (χ0) is 17.9. The quantitative estimate of drug-likeness (QED) is 0.644. The van der Waals surface area contributed by atoms with Gasteiger partial charge in [0.2, 0.25) is 5.91 Å². The number of para-hydroxylation sites is 1. The van der Waals surface area contributed by atoms with Gasteiger partial charge in [-0.1, -0.05) is 48.5 Å². The average molecular weight is 341 g/mol. The van der Waals surface area contributed by atoms with E-state index in [2.05, 4.69) is 16.0 Å². The molecule has 2 aromatic rings. The van der Waals surface area contributed by atoms with Crippen molar-refractivity contribution in [2.24, 2.45) is 0 Å². The Morgan fingerprint density at radius 3 is 2.28 bits per heavy atom. The molecule has 0 spiro atoms. The third-order valence-corrected chi connectivity index (χ3v) is 3.43. The fraction of sp³-hybridized carbons (Fsp3) is 0.263. The summed E-state index contributed by atoms with van der Waals surface area (Å²) in [6, 6.07) is 17.6. The summed E-state index contributed by atoms with van der Waals surface area (Å²) in [7, 11) is 0. The number of carbonyl (C=O) groups excluding carboxylic acids is 2. The zero-order valence-corrected chi connectivity index (χ0v) is 14.2. The highest BCUT2D eigenvalue weighted by Crippen LogP contribution is 2.13. The number of hydrogen-bond acceptors (Lipinski definition) is 4. The van der Waals surface area contributed by atoms with E-state index in [1.165, 1.54) is 0 Å². The number of ether oxygens (including phenoxy) is 1. The number of carbonyl (C=O) groups is 2. The number of imide groups is 1. The number of rotatable bonds is 8. The SMILES string of the molecule is CCNC(=O)NC(=O)[C@@H](NCCOc1ccccc1)c1ccccc1. The Kier molecular flexibility index (Phi) is 7.46. The molecule has 0 aliphatic carbocycles. The Morgan fingerprint density at radius 1 is 1.00 bits per heavy atom. The summed E-state index contributed by atoms with van der Waals surface area (Å²) in [5.74, 6) is 0.365. The molecule has 0 aliphatic rings. The third-order valence-electron chi connectivity index (χ3n) is 3.43. The molecule has 0 saturated heterocycles. The molecule has 0 aromatic heterocycles. The summed E-state index contributed by atoms with van der Waals surface area (Å²) >= 11 is 0. The van der Waals surface area contributed by atoms with Crippen molar-refractivity contribution in [1.82, 2.24) is 16.0 Å². The van der Waals surface area contributed by atoms with E-state index in [1.54, 1.807) is 6.92 Å². The van der Waals surface area contributed by atoms with E-state index in [4.69, 9.17) is 4.74 Å². The van der Waals surface area contributed by atoms with Gasteiger partial charge in [-0.2, -0.15) is 0 Å². The Labute approximate surface area is 147 Å². The summed E-state index contributed by atoms with van der Waals surface area (Å²) in [5, 5.41) is 8.03. The molecule has 0 fully saturated rings. The predicted octanol–water partition coefficient (Wildman–Crippen LogP) is 2.24. The fourth-order valence-corrected chi connectivity index (χ4v) is 2.29. The highest BCUT2D eigenvalue weighted by Gasteiger charge is 2.21. The lowest BCUT2D eigenvalue weighted by Crippen LogP contribution is -2.45. The van der Waals surface area contributed by atoms with E-state index >= 15 is 0 Å². The van der Waals surface area contributed by atoms with Crippen LogP contribution in [0, 0.1) is 0 Å². The van der Waals surface area contributed by atoms with Crippen molar-refractivity contribution in [1.29, 1.82) is 0 Å². The Balaban J connectivity index is 1.92. The largest absolute Gasteiger partial charge is 0.492 e. The first-order chi connectivity index (χ1) is 12.2. The molecule has 3 amide bonds. The molecule has 0 unspecified atom stereocenters. The van der Waals surface area contributed by atoms with Gasteiger partial charge in [-0.05, 0) is 24.6 Å². The maximum absolute atomic E-state index is 12.4. The number of hydrogen-bond donors (Lipinski definition) is 3. The van der Waals surface area contributed by atoms with Crippen LogP contribution >= 0.6 is 0 Å². The molecule has 0 radical (unpaired) electrons. The molecule has 6 nitrogen and oxygen atoms in total. The van der Waals surface area contributed by atoms with Crippen LogP contribution in [0.5, 0.6) is 5.75 Å². The van der Waals surface area contributed by atoms with Gasteiger partial charge in [0.1, 0.15) is 18.4 Å². The van der Waals surface area contributed by atoms with E-state index < -0.39 is 18.0 Å². The third kappa shape index (κ3) is 6.27. The molecule has 6 heteroatoms. The maximum Gasteiger partial charge on any atom is 0.321 e. The Morgan fingerprint density at radius 2 is 1.64 bits per heavy atom. The highest BCUT2D eigenvalue weighted by molar-refractivity contribution is 5.97. The summed E-state index contributed by atoms with van der Waals surface area (Å²) < 4.78 is 5.62. The summed E-state index contributed by atoms with van der Waals surface area (Å²) in [5.41, 5.74) is 0.781. The van der Waals surface area contributed by atoms with Crippen LogP contribution in [0.1, 0.15) is 18.5 Å². The van der Waals surface area contributed by atoms with Crippen LogP contribution in [0.4, 0.5) is 4.79 Å². The van der Waals surface area contributed by atoms with Gasteiger partial charge in [0.05, 0.1) is 0 Å². The van der Waals surface area contributed by atoms with Gasteiger partial charge in [0.15, 0.2) is 0 Å². The molecule has 0 aliphatic heterocycles. The van der Waals surface area contributed by atoms with Gasteiger partial charge in [0.25, 0.3) is 0 Å². The first kappa shape index (κ1) is 18.5. The van der Waals surface area contributed by atoms with Gasteiger partial charge in [-0.15, -0.1) is 0 Å². The molecule has 0 heterocycles. The molecule has 132 valence electrons. The lowest BCUT2D eigenvalue weighted by Gasteiger charge is -2.18. The molecule has 2 rings (SSSR count). The zero-order valence-electron chi connectivity index (χ0n) is 14.2. The molecule has 2 aromatic carbocycles. The standard InChI is InChI=1S/C19H23N3O3/c1-2-20-19(24)22-18(23)17(15-9-5-3-6-10-15)21-13-14-25-16-11-7-4-8-12-16/h3-12,17,21H,2,13-14H2,1H3,(H2,20,22,23,24)/t17-/m0/s1. The molecular formula is C19H23N3O3. The second kappa shape index (κ2) is 10.1. The number of benzene rings is 2. The minimum Gasteiger partial charge on any atom is -0.492 e. The van der Waals surface area contributed by atoms with Crippen molar-refractivity contribution in [2.45, 2.75) is 13.0 Å². The molecule has 3 N–H and O–H groups in total. The average Bonchev–Trinajstić information content (AvgIpc) is 2.63. The minimum atomic E-state index is -0.636. The van der Waals surface area contributed by atoms with Gasteiger partial charge >= 0.3 is 6.03 Å². The van der Waals surface area contributed by atoms with E-state index in [0.29, 0.717) is 19.7 Å². The number of nitrogens with one attached hydrogen (secondary N) is 3. The molecular weight excluding hydrogens is 318 g/mol. The van der Waals surface area contributed by atoms with Crippen LogP contribution in [0.3, 0.4) is 0 Å².